The largest absolute Gasteiger partial charge is 0.389 e. The van der Waals surface area contributed by atoms with E-state index in [0.717, 1.165) is 34.8 Å². The Morgan fingerprint density at radius 3 is 3.05 bits per heavy atom. The lowest BCUT2D eigenvalue weighted by Gasteiger charge is -2.14. The molecule has 1 unspecified atom stereocenters. The van der Waals surface area contributed by atoms with Gasteiger partial charge in [0, 0.05) is 18.5 Å². The van der Waals surface area contributed by atoms with Gasteiger partial charge in [0.2, 0.25) is 0 Å². The van der Waals surface area contributed by atoms with E-state index in [1.807, 2.05) is 25.1 Å². The van der Waals surface area contributed by atoms with Gasteiger partial charge in [-0.15, -0.1) is 0 Å². The van der Waals surface area contributed by atoms with Crippen LogP contribution in [-0.4, -0.2) is 40.9 Å². The molecular weight excluding hydrogens is 266 g/mol. The van der Waals surface area contributed by atoms with E-state index in [1.165, 1.54) is 12.8 Å². The van der Waals surface area contributed by atoms with Crippen molar-refractivity contribution in [3.8, 4) is 0 Å². The van der Waals surface area contributed by atoms with E-state index >= 15 is 0 Å². The van der Waals surface area contributed by atoms with Crippen molar-refractivity contribution in [1.82, 2.24) is 9.97 Å². The minimum absolute atomic E-state index is 0.367. The first kappa shape index (κ1) is 14.2. The smallest absolute Gasteiger partial charge is 0.137 e. The fourth-order valence-corrected chi connectivity index (χ4v) is 2.30. The number of aliphatic hydroxyl groups is 1. The Balaban J connectivity index is 1.58. The molecule has 21 heavy (non-hydrogen) atoms. The van der Waals surface area contributed by atoms with Crippen LogP contribution in [0.3, 0.4) is 0 Å². The summed E-state index contributed by atoms with van der Waals surface area (Å²) in [5, 5.41) is 14.1. The predicted octanol–water partition coefficient (Wildman–Crippen LogP) is 2.14. The first-order chi connectivity index (χ1) is 10.2. The Labute approximate surface area is 124 Å². The van der Waals surface area contributed by atoms with Gasteiger partial charge >= 0.3 is 0 Å². The van der Waals surface area contributed by atoms with Crippen molar-refractivity contribution in [2.45, 2.75) is 25.9 Å². The van der Waals surface area contributed by atoms with Gasteiger partial charge in [0.1, 0.15) is 12.1 Å². The molecule has 3 rings (SSSR count). The maximum absolute atomic E-state index is 9.94. The lowest BCUT2D eigenvalue weighted by Crippen LogP contribution is -2.25. The van der Waals surface area contributed by atoms with Crippen molar-refractivity contribution in [3.63, 3.8) is 0 Å². The zero-order valence-corrected chi connectivity index (χ0v) is 12.2. The molecule has 1 aliphatic carbocycles. The highest BCUT2D eigenvalue weighted by atomic mass is 16.5. The third-order valence-electron chi connectivity index (χ3n) is 3.73. The van der Waals surface area contributed by atoms with Crippen LogP contribution in [0.5, 0.6) is 0 Å². The van der Waals surface area contributed by atoms with Crippen LogP contribution in [0.25, 0.3) is 10.9 Å². The molecule has 1 atom stereocenters. The number of aryl methyl sites for hydroxylation is 1. The van der Waals surface area contributed by atoms with Crippen molar-refractivity contribution in [2.75, 3.05) is 25.1 Å². The quantitative estimate of drug-likeness (QED) is 0.816. The Morgan fingerprint density at radius 2 is 2.24 bits per heavy atom. The highest BCUT2D eigenvalue weighted by Gasteiger charge is 2.21. The number of aliphatic hydroxyl groups excluding tert-OH is 1. The molecule has 1 aromatic carbocycles. The van der Waals surface area contributed by atoms with Crippen molar-refractivity contribution in [2.24, 2.45) is 5.92 Å². The van der Waals surface area contributed by atoms with Crippen LogP contribution in [0.15, 0.2) is 24.5 Å². The second-order valence-corrected chi connectivity index (χ2v) is 5.71. The third kappa shape index (κ3) is 3.68. The molecule has 0 spiro atoms. The number of fused-ring (bicyclic) bond motifs is 1. The predicted molar refractivity (Wildman–Crippen MR) is 82.3 cm³/mol. The first-order valence-electron chi connectivity index (χ1n) is 7.44. The molecule has 0 bridgehead atoms. The van der Waals surface area contributed by atoms with Crippen LogP contribution >= 0.6 is 0 Å². The summed E-state index contributed by atoms with van der Waals surface area (Å²) in [6, 6.07) is 6.00. The van der Waals surface area contributed by atoms with Gasteiger partial charge in [0.05, 0.1) is 18.2 Å². The van der Waals surface area contributed by atoms with E-state index in [0.29, 0.717) is 13.2 Å². The fraction of sp³-hybridized carbons (Fsp3) is 0.500. The number of nitrogens with one attached hydrogen (secondary N) is 1. The highest BCUT2D eigenvalue weighted by molar-refractivity contribution is 5.90. The van der Waals surface area contributed by atoms with E-state index in [9.17, 15) is 5.11 Å². The lowest BCUT2D eigenvalue weighted by atomic mass is 10.1. The van der Waals surface area contributed by atoms with Gasteiger partial charge in [-0.2, -0.15) is 0 Å². The zero-order chi connectivity index (χ0) is 14.7. The Hall–Kier alpha value is -1.72. The average molecular weight is 287 g/mol. The highest BCUT2D eigenvalue weighted by Crippen LogP contribution is 2.28. The van der Waals surface area contributed by atoms with E-state index in [-0.39, 0.29) is 0 Å². The summed E-state index contributed by atoms with van der Waals surface area (Å²) in [4.78, 5) is 8.57. The molecular formula is C16H21N3O2. The van der Waals surface area contributed by atoms with Gasteiger partial charge in [-0.05, 0) is 37.3 Å². The topological polar surface area (TPSA) is 67.3 Å². The van der Waals surface area contributed by atoms with E-state index in [4.69, 9.17) is 4.74 Å². The second kappa shape index (κ2) is 6.37. The van der Waals surface area contributed by atoms with Crippen LogP contribution in [-0.2, 0) is 4.74 Å². The van der Waals surface area contributed by atoms with Crippen molar-refractivity contribution in [3.05, 3.63) is 30.1 Å². The van der Waals surface area contributed by atoms with Crippen LogP contribution in [0.1, 0.15) is 18.4 Å². The van der Waals surface area contributed by atoms with Crippen LogP contribution in [0.2, 0.25) is 0 Å². The molecule has 0 saturated heterocycles. The standard InChI is InChI=1S/C16H21N3O2/c1-11-3-2-4-14-15(11)18-10-19-16(14)17-7-13(20)9-21-8-12-5-6-12/h2-4,10,12-13,20H,5-9H2,1H3,(H,17,18,19). The van der Waals surface area contributed by atoms with Crippen molar-refractivity contribution < 1.29 is 9.84 Å². The number of hydrogen-bond donors (Lipinski definition) is 2. The van der Waals surface area contributed by atoms with Crippen molar-refractivity contribution >= 4 is 16.7 Å². The maximum atomic E-state index is 9.94. The summed E-state index contributed by atoms with van der Waals surface area (Å²) in [5.74, 6) is 1.48. The number of nitrogens with zero attached hydrogens (tertiary/aromatic N) is 2. The van der Waals surface area contributed by atoms with Crippen molar-refractivity contribution in [1.29, 1.82) is 0 Å². The number of rotatable bonds is 7. The molecule has 5 nitrogen and oxygen atoms in total. The van der Waals surface area contributed by atoms with Gasteiger partial charge in [-0.25, -0.2) is 9.97 Å². The normalized spacial score (nSPS) is 16.1. The third-order valence-corrected chi connectivity index (χ3v) is 3.73. The molecule has 112 valence electrons. The summed E-state index contributed by atoms with van der Waals surface area (Å²) in [6.45, 7) is 3.59. The average Bonchev–Trinajstić information content (AvgIpc) is 3.30. The van der Waals surface area contributed by atoms with Gasteiger partial charge in [-0.1, -0.05) is 12.1 Å². The number of aromatic nitrogens is 2. The van der Waals surface area contributed by atoms with Gasteiger partial charge in [0.25, 0.3) is 0 Å². The van der Waals surface area contributed by atoms with Gasteiger partial charge in [0.15, 0.2) is 0 Å². The number of ether oxygens (including phenoxy) is 1. The van der Waals surface area contributed by atoms with Crippen LogP contribution < -0.4 is 5.32 Å². The summed E-state index contributed by atoms with van der Waals surface area (Å²) < 4.78 is 5.49. The summed E-state index contributed by atoms with van der Waals surface area (Å²) >= 11 is 0. The molecule has 1 saturated carbocycles. The van der Waals surface area contributed by atoms with Gasteiger partial charge < -0.3 is 15.2 Å². The minimum Gasteiger partial charge on any atom is -0.389 e. The number of anilines is 1. The van der Waals surface area contributed by atoms with Crippen LogP contribution in [0, 0.1) is 12.8 Å². The summed E-state index contributed by atoms with van der Waals surface area (Å²) in [6.07, 6.45) is 3.55. The maximum Gasteiger partial charge on any atom is 0.137 e. The molecule has 0 amide bonds. The van der Waals surface area contributed by atoms with E-state index in [2.05, 4.69) is 15.3 Å². The fourth-order valence-electron chi connectivity index (χ4n) is 2.30. The Morgan fingerprint density at radius 1 is 1.38 bits per heavy atom. The summed E-state index contributed by atoms with van der Waals surface area (Å²) in [7, 11) is 0. The van der Waals surface area contributed by atoms with Gasteiger partial charge in [-0.3, -0.25) is 0 Å². The number of hydrogen-bond acceptors (Lipinski definition) is 5. The number of benzene rings is 1. The van der Waals surface area contributed by atoms with Crippen LogP contribution in [0.4, 0.5) is 5.82 Å². The summed E-state index contributed by atoms with van der Waals surface area (Å²) in [5.41, 5.74) is 2.06. The molecule has 1 aromatic heterocycles. The molecule has 2 N–H and O–H groups in total. The second-order valence-electron chi connectivity index (χ2n) is 5.71. The molecule has 2 aromatic rings. The van der Waals surface area contributed by atoms with E-state index < -0.39 is 6.10 Å². The lowest BCUT2D eigenvalue weighted by molar-refractivity contribution is 0.0386. The number of para-hydroxylation sites is 1. The molecule has 1 aliphatic rings. The van der Waals surface area contributed by atoms with E-state index in [1.54, 1.807) is 6.33 Å². The molecule has 1 heterocycles. The Bertz CT molecular complexity index is 613. The SMILES string of the molecule is Cc1cccc2c(NCC(O)COCC3CC3)ncnc12. The Kier molecular flexibility index (Phi) is 4.31. The molecule has 0 radical (unpaired) electrons. The first-order valence-corrected chi connectivity index (χ1v) is 7.44. The molecule has 1 fully saturated rings. The zero-order valence-electron chi connectivity index (χ0n) is 12.2. The molecule has 0 aliphatic heterocycles. The monoisotopic (exact) mass is 287 g/mol. The minimum atomic E-state index is -0.529. The molecule has 5 heteroatoms.